The molecular weight excluding hydrogens is 395 g/mol. The number of carbonyl (C=O) groups is 1. The van der Waals surface area contributed by atoms with Crippen LogP contribution in [0.25, 0.3) is 0 Å². The summed E-state index contributed by atoms with van der Waals surface area (Å²) in [5.41, 5.74) is 1.70. The maximum absolute atomic E-state index is 12.6. The average Bonchev–Trinajstić information content (AvgIpc) is 2.68. The summed E-state index contributed by atoms with van der Waals surface area (Å²) in [5, 5.41) is 2.89. The van der Waals surface area contributed by atoms with Crippen LogP contribution in [0.5, 0.6) is 0 Å². The lowest BCUT2D eigenvalue weighted by molar-refractivity contribution is -0.145. The standard InChI is InChI=1S/C21H26F3N5O/c1-12(2)16-8-25-18(26-9-16)19(30)27-7-15-5-14(6-15)4-13(3)17-10-28-20(29-11-17)21(22,23)24/h8-15H,4-7H2,1-3H3,(H,27,30)/t13-,14?,15?/m0/s1. The molecule has 3 rings (SSSR count). The Morgan fingerprint density at radius 1 is 1.00 bits per heavy atom. The quantitative estimate of drug-likeness (QED) is 0.719. The SMILES string of the molecule is CC(C)c1cnc(C(=O)NCC2CC(C[C@H](C)c3cnc(C(F)(F)F)nc3)C2)nc1. The lowest BCUT2D eigenvalue weighted by Crippen LogP contribution is -2.37. The first-order valence-corrected chi connectivity index (χ1v) is 10.1. The summed E-state index contributed by atoms with van der Waals surface area (Å²) in [4.78, 5) is 27.3. The summed E-state index contributed by atoms with van der Waals surface area (Å²) in [6, 6.07) is 0. The molecule has 1 fully saturated rings. The van der Waals surface area contributed by atoms with Gasteiger partial charge in [-0.25, -0.2) is 19.9 Å². The van der Waals surface area contributed by atoms with Gasteiger partial charge in [-0.05, 0) is 54.1 Å². The number of nitrogens with one attached hydrogen (secondary N) is 1. The fourth-order valence-electron chi connectivity index (χ4n) is 3.68. The second-order valence-electron chi connectivity index (χ2n) is 8.38. The zero-order valence-corrected chi connectivity index (χ0v) is 17.3. The van der Waals surface area contributed by atoms with Crippen LogP contribution in [0, 0.1) is 11.8 Å². The van der Waals surface area contributed by atoms with Crippen LogP contribution >= 0.6 is 0 Å². The van der Waals surface area contributed by atoms with Crippen LogP contribution in [0.4, 0.5) is 13.2 Å². The van der Waals surface area contributed by atoms with Gasteiger partial charge in [0.15, 0.2) is 0 Å². The largest absolute Gasteiger partial charge is 0.451 e. The Balaban J connectivity index is 1.40. The molecule has 6 nitrogen and oxygen atoms in total. The van der Waals surface area contributed by atoms with Crippen LogP contribution in [0.15, 0.2) is 24.8 Å². The number of nitrogens with zero attached hydrogens (tertiary/aromatic N) is 4. The van der Waals surface area contributed by atoms with E-state index in [-0.39, 0.29) is 17.6 Å². The topological polar surface area (TPSA) is 80.7 Å². The molecule has 2 aromatic rings. The summed E-state index contributed by atoms with van der Waals surface area (Å²) in [7, 11) is 0. The highest BCUT2D eigenvalue weighted by atomic mass is 19.4. The van der Waals surface area contributed by atoms with E-state index < -0.39 is 12.0 Å². The summed E-state index contributed by atoms with van der Waals surface area (Å²) >= 11 is 0. The van der Waals surface area contributed by atoms with Gasteiger partial charge >= 0.3 is 6.18 Å². The summed E-state index contributed by atoms with van der Waals surface area (Å²) in [6.07, 6.45) is 4.17. The van der Waals surface area contributed by atoms with Crippen molar-refractivity contribution in [2.45, 2.75) is 58.0 Å². The van der Waals surface area contributed by atoms with Crippen LogP contribution in [0.1, 0.15) is 79.4 Å². The number of halogens is 3. The number of hydrogen-bond donors (Lipinski definition) is 1. The van der Waals surface area contributed by atoms with E-state index in [1.165, 1.54) is 12.4 Å². The number of hydrogen-bond acceptors (Lipinski definition) is 5. The van der Waals surface area contributed by atoms with E-state index in [0.717, 1.165) is 24.8 Å². The van der Waals surface area contributed by atoms with Crippen LogP contribution in [-0.4, -0.2) is 32.4 Å². The van der Waals surface area contributed by atoms with Crippen molar-refractivity contribution in [2.75, 3.05) is 6.54 Å². The minimum Gasteiger partial charge on any atom is -0.349 e. The van der Waals surface area contributed by atoms with Gasteiger partial charge in [0, 0.05) is 31.3 Å². The molecule has 1 aliphatic carbocycles. The molecule has 0 unspecified atom stereocenters. The zero-order chi connectivity index (χ0) is 21.9. The van der Waals surface area contributed by atoms with Gasteiger partial charge in [0.1, 0.15) is 0 Å². The Morgan fingerprint density at radius 2 is 1.57 bits per heavy atom. The summed E-state index contributed by atoms with van der Waals surface area (Å²) < 4.78 is 37.7. The van der Waals surface area contributed by atoms with Gasteiger partial charge < -0.3 is 5.32 Å². The van der Waals surface area contributed by atoms with E-state index in [1.54, 1.807) is 12.4 Å². The molecule has 0 spiro atoms. The molecule has 30 heavy (non-hydrogen) atoms. The first-order chi connectivity index (χ1) is 14.1. The lowest BCUT2D eigenvalue weighted by Gasteiger charge is -2.37. The zero-order valence-electron chi connectivity index (χ0n) is 17.3. The minimum absolute atomic E-state index is 0.0840. The third-order valence-corrected chi connectivity index (χ3v) is 5.61. The summed E-state index contributed by atoms with van der Waals surface area (Å²) in [6.45, 7) is 6.62. The Hall–Kier alpha value is -2.58. The molecule has 9 heteroatoms. The molecule has 0 aromatic carbocycles. The monoisotopic (exact) mass is 421 g/mol. The van der Waals surface area contributed by atoms with E-state index in [0.29, 0.717) is 29.9 Å². The Labute approximate surface area is 173 Å². The van der Waals surface area contributed by atoms with E-state index in [4.69, 9.17) is 0 Å². The molecule has 0 bridgehead atoms. The molecular formula is C21H26F3N5O. The molecule has 0 aliphatic heterocycles. The molecule has 0 saturated heterocycles. The number of rotatable bonds is 7. The van der Waals surface area contributed by atoms with Gasteiger partial charge in [0.25, 0.3) is 5.91 Å². The highest BCUT2D eigenvalue weighted by Gasteiger charge is 2.35. The van der Waals surface area contributed by atoms with Crippen LogP contribution < -0.4 is 5.32 Å². The van der Waals surface area contributed by atoms with Crippen molar-refractivity contribution in [2.24, 2.45) is 11.8 Å². The first kappa shape index (κ1) is 22.1. The van der Waals surface area contributed by atoms with Crippen molar-refractivity contribution >= 4 is 5.91 Å². The molecule has 1 atom stereocenters. The van der Waals surface area contributed by atoms with E-state index in [1.807, 2.05) is 20.8 Å². The normalized spacial score (nSPS) is 20.0. The van der Waals surface area contributed by atoms with Crippen LogP contribution in [0.3, 0.4) is 0 Å². The second-order valence-corrected chi connectivity index (χ2v) is 8.38. The Bertz CT molecular complexity index is 846. The Morgan fingerprint density at radius 3 is 2.10 bits per heavy atom. The average molecular weight is 421 g/mol. The number of amides is 1. The van der Waals surface area contributed by atoms with Gasteiger partial charge in [0.05, 0.1) is 0 Å². The second kappa shape index (κ2) is 9.06. The van der Waals surface area contributed by atoms with Crippen molar-refractivity contribution in [3.63, 3.8) is 0 Å². The number of aromatic nitrogens is 4. The lowest BCUT2D eigenvalue weighted by atomic mass is 9.70. The maximum Gasteiger partial charge on any atom is 0.451 e. The fourth-order valence-corrected chi connectivity index (χ4v) is 3.68. The minimum atomic E-state index is -4.52. The third kappa shape index (κ3) is 5.52. The third-order valence-electron chi connectivity index (χ3n) is 5.61. The highest BCUT2D eigenvalue weighted by molar-refractivity contribution is 5.90. The smallest absolute Gasteiger partial charge is 0.349 e. The molecule has 0 radical (unpaired) electrons. The fraction of sp³-hybridized carbons (Fsp3) is 0.571. The van der Waals surface area contributed by atoms with E-state index >= 15 is 0 Å². The van der Waals surface area contributed by atoms with Gasteiger partial charge in [-0.2, -0.15) is 13.2 Å². The number of alkyl halides is 3. The predicted molar refractivity (Wildman–Crippen MR) is 105 cm³/mol. The molecule has 162 valence electrons. The van der Waals surface area contributed by atoms with Gasteiger partial charge in [-0.3, -0.25) is 4.79 Å². The molecule has 2 aromatic heterocycles. The highest BCUT2D eigenvalue weighted by Crippen LogP contribution is 2.39. The molecule has 2 heterocycles. The summed E-state index contributed by atoms with van der Waals surface area (Å²) in [5.74, 6) is 0.0536. The predicted octanol–water partition coefficient (Wildman–Crippen LogP) is 4.36. The first-order valence-electron chi connectivity index (χ1n) is 10.1. The van der Waals surface area contributed by atoms with Crippen molar-refractivity contribution in [3.05, 3.63) is 47.6 Å². The Kier molecular flexibility index (Phi) is 6.67. The van der Waals surface area contributed by atoms with Crippen molar-refractivity contribution in [1.82, 2.24) is 25.3 Å². The van der Waals surface area contributed by atoms with Gasteiger partial charge in [0.2, 0.25) is 11.6 Å². The van der Waals surface area contributed by atoms with Crippen molar-refractivity contribution in [3.8, 4) is 0 Å². The van der Waals surface area contributed by atoms with E-state index in [2.05, 4.69) is 25.3 Å². The molecule has 1 aliphatic rings. The molecule has 1 N–H and O–H groups in total. The van der Waals surface area contributed by atoms with Gasteiger partial charge in [-0.15, -0.1) is 0 Å². The molecule has 1 amide bonds. The van der Waals surface area contributed by atoms with E-state index in [9.17, 15) is 18.0 Å². The van der Waals surface area contributed by atoms with Crippen molar-refractivity contribution in [1.29, 1.82) is 0 Å². The van der Waals surface area contributed by atoms with Crippen molar-refractivity contribution < 1.29 is 18.0 Å². The number of carbonyl (C=O) groups excluding carboxylic acids is 1. The van der Waals surface area contributed by atoms with Gasteiger partial charge in [-0.1, -0.05) is 20.8 Å². The van der Waals surface area contributed by atoms with Crippen LogP contribution in [-0.2, 0) is 6.18 Å². The maximum atomic E-state index is 12.6. The molecule has 1 saturated carbocycles. The van der Waals surface area contributed by atoms with Crippen LogP contribution in [0.2, 0.25) is 0 Å².